The molecule has 0 unspecified atom stereocenters. The number of rotatable bonds is 3. The molecule has 2 N–H and O–H groups in total. The number of nitrogen functional groups attached to an aromatic ring is 1. The Kier molecular flexibility index (Phi) is 3.10. The first-order chi connectivity index (χ1) is 7.70. The summed E-state index contributed by atoms with van der Waals surface area (Å²) in [6.07, 6.45) is 0. The quantitative estimate of drug-likeness (QED) is 0.886. The third-order valence-electron chi connectivity index (χ3n) is 2.18. The molecule has 2 rings (SSSR count). The van der Waals surface area contributed by atoms with Gasteiger partial charge in [0, 0.05) is 5.38 Å². The highest BCUT2D eigenvalue weighted by Gasteiger charge is 2.06. The molecule has 0 aliphatic heterocycles. The Morgan fingerprint density at radius 3 is 2.69 bits per heavy atom. The summed E-state index contributed by atoms with van der Waals surface area (Å²) < 4.78 is 18.7. The predicted octanol–water partition coefficient (Wildman–Crippen LogP) is 3.54. The van der Waals surface area contributed by atoms with E-state index in [4.69, 9.17) is 10.5 Å². The molecule has 1 aromatic carbocycles. The number of benzene rings is 1. The van der Waals surface area contributed by atoms with Gasteiger partial charge in [-0.2, -0.15) is 0 Å². The highest BCUT2D eigenvalue weighted by atomic mass is 32.1. The lowest BCUT2D eigenvalue weighted by molar-refractivity contribution is 0.321. The second-order valence-electron chi connectivity index (χ2n) is 3.32. The second-order valence-corrected chi connectivity index (χ2v) is 4.26. The van der Waals surface area contributed by atoms with Gasteiger partial charge in [0.15, 0.2) is 11.6 Å². The number of ether oxygens (including phenoxy) is 1. The van der Waals surface area contributed by atoms with Crippen LogP contribution in [0.2, 0.25) is 0 Å². The summed E-state index contributed by atoms with van der Waals surface area (Å²) in [7, 11) is 0. The molecule has 0 atom stereocenters. The van der Waals surface area contributed by atoms with Crippen LogP contribution in [0, 0.1) is 5.82 Å². The first kappa shape index (κ1) is 11.0. The fraction of sp³-hybridized carbons (Fsp3) is 0.167. The number of halogens is 1. The highest BCUT2D eigenvalue weighted by molar-refractivity contribution is 7.14. The average molecular weight is 237 g/mol. The SMILES string of the molecule is CCOc1ccc(-c2csc(N)c2)cc1F. The normalized spacial score (nSPS) is 10.4. The largest absolute Gasteiger partial charge is 0.491 e. The van der Waals surface area contributed by atoms with Gasteiger partial charge in [-0.25, -0.2) is 4.39 Å². The van der Waals surface area contributed by atoms with Crippen LogP contribution < -0.4 is 10.5 Å². The van der Waals surface area contributed by atoms with Crippen molar-refractivity contribution in [2.45, 2.75) is 6.92 Å². The lowest BCUT2D eigenvalue weighted by Gasteiger charge is -2.05. The molecule has 0 bridgehead atoms. The summed E-state index contributed by atoms with van der Waals surface area (Å²) in [5.74, 6) is -0.0569. The molecule has 0 aliphatic rings. The van der Waals surface area contributed by atoms with Gasteiger partial charge >= 0.3 is 0 Å². The fourth-order valence-corrected chi connectivity index (χ4v) is 2.12. The summed E-state index contributed by atoms with van der Waals surface area (Å²) >= 11 is 1.44. The molecule has 16 heavy (non-hydrogen) atoms. The summed E-state index contributed by atoms with van der Waals surface area (Å²) in [5.41, 5.74) is 7.38. The Balaban J connectivity index is 2.34. The molecule has 2 aromatic rings. The molecule has 0 radical (unpaired) electrons. The molecule has 1 heterocycles. The fourth-order valence-electron chi connectivity index (χ4n) is 1.46. The first-order valence-electron chi connectivity index (χ1n) is 4.97. The lowest BCUT2D eigenvalue weighted by atomic mass is 10.1. The van der Waals surface area contributed by atoms with Crippen molar-refractivity contribution in [3.8, 4) is 16.9 Å². The summed E-state index contributed by atoms with van der Waals surface area (Å²) in [4.78, 5) is 0. The average Bonchev–Trinajstić information content (AvgIpc) is 2.68. The zero-order valence-corrected chi connectivity index (χ0v) is 9.68. The van der Waals surface area contributed by atoms with E-state index in [1.165, 1.54) is 17.4 Å². The molecular formula is C12H12FNOS. The molecule has 0 saturated heterocycles. The number of anilines is 1. The van der Waals surface area contributed by atoms with Crippen LogP contribution in [-0.4, -0.2) is 6.61 Å². The van der Waals surface area contributed by atoms with E-state index in [1.807, 2.05) is 24.4 Å². The van der Waals surface area contributed by atoms with E-state index in [1.54, 1.807) is 6.07 Å². The molecular weight excluding hydrogens is 225 g/mol. The maximum atomic E-state index is 13.6. The van der Waals surface area contributed by atoms with E-state index >= 15 is 0 Å². The Hall–Kier alpha value is -1.55. The Morgan fingerprint density at radius 1 is 1.31 bits per heavy atom. The minimum Gasteiger partial charge on any atom is -0.491 e. The topological polar surface area (TPSA) is 35.2 Å². The molecule has 4 heteroatoms. The molecule has 0 spiro atoms. The van der Waals surface area contributed by atoms with Crippen molar-refractivity contribution in [2.75, 3.05) is 12.3 Å². The molecule has 84 valence electrons. The third-order valence-corrected chi connectivity index (χ3v) is 2.95. The van der Waals surface area contributed by atoms with Crippen LogP contribution in [-0.2, 0) is 0 Å². The van der Waals surface area contributed by atoms with Crippen molar-refractivity contribution in [1.29, 1.82) is 0 Å². The molecule has 0 amide bonds. The van der Waals surface area contributed by atoms with Crippen molar-refractivity contribution in [3.63, 3.8) is 0 Å². The van der Waals surface area contributed by atoms with Crippen LogP contribution >= 0.6 is 11.3 Å². The maximum Gasteiger partial charge on any atom is 0.165 e. The third kappa shape index (κ3) is 2.17. The van der Waals surface area contributed by atoms with Gasteiger partial charge < -0.3 is 10.5 Å². The van der Waals surface area contributed by atoms with Gasteiger partial charge in [0.1, 0.15) is 0 Å². The van der Waals surface area contributed by atoms with Gasteiger partial charge in [-0.3, -0.25) is 0 Å². The van der Waals surface area contributed by atoms with Gasteiger partial charge in [0.25, 0.3) is 0 Å². The van der Waals surface area contributed by atoms with Crippen LogP contribution in [0.1, 0.15) is 6.92 Å². The first-order valence-corrected chi connectivity index (χ1v) is 5.85. The van der Waals surface area contributed by atoms with E-state index in [0.29, 0.717) is 6.61 Å². The van der Waals surface area contributed by atoms with Crippen molar-refractivity contribution in [1.82, 2.24) is 0 Å². The molecule has 0 aliphatic carbocycles. The van der Waals surface area contributed by atoms with Gasteiger partial charge in [-0.1, -0.05) is 6.07 Å². The van der Waals surface area contributed by atoms with Gasteiger partial charge in [0.2, 0.25) is 0 Å². The maximum absolute atomic E-state index is 13.6. The summed E-state index contributed by atoms with van der Waals surface area (Å²) in [6, 6.07) is 6.77. The lowest BCUT2D eigenvalue weighted by Crippen LogP contribution is -1.94. The van der Waals surface area contributed by atoms with Gasteiger partial charge in [-0.05, 0) is 36.2 Å². The van der Waals surface area contributed by atoms with Crippen molar-refractivity contribution < 1.29 is 9.13 Å². The minimum atomic E-state index is -0.343. The number of hydrogen-bond acceptors (Lipinski definition) is 3. The van der Waals surface area contributed by atoms with E-state index in [-0.39, 0.29) is 11.6 Å². The van der Waals surface area contributed by atoms with Crippen molar-refractivity contribution >= 4 is 16.3 Å². The van der Waals surface area contributed by atoms with Crippen LogP contribution in [0.4, 0.5) is 9.39 Å². The van der Waals surface area contributed by atoms with E-state index in [9.17, 15) is 4.39 Å². The van der Waals surface area contributed by atoms with Crippen LogP contribution in [0.5, 0.6) is 5.75 Å². The predicted molar refractivity (Wildman–Crippen MR) is 65.3 cm³/mol. The van der Waals surface area contributed by atoms with Crippen LogP contribution in [0.15, 0.2) is 29.6 Å². The summed E-state index contributed by atoms with van der Waals surface area (Å²) in [5, 5.41) is 2.63. The van der Waals surface area contributed by atoms with Crippen molar-refractivity contribution in [3.05, 3.63) is 35.5 Å². The summed E-state index contributed by atoms with van der Waals surface area (Å²) in [6.45, 7) is 2.29. The van der Waals surface area contributed by atoms with Gasteiger partial charge in [-0.15, -0.1) is 11.3 Å². The van der Waals surface area contributed by atoms with E-state index < -0.39 is 0 Å². The Labute approximate surface area is 97.5 Å². The van der Waals surface area contributed by atoms with E-state index in [0.717, 1.165) is 16.1 Å². The Morgan fingerprint density at radius 2 is 2.12 bits per heavy atom. The molecule has 0 saturated carbocycles. The minimum absolute atomic E-state index is 0.287. The molecule has 1 aromatic heterocycles. The molecule has 0 fully saturated rings. The smallest absolute Gasteiger partial charge is 0.165 e. The Bertz CT molecular complexity index is 496. The zero-order valence-electron chi connectivity index (χ0n) is 8.87. The standard InChI is InChI=1S/C12H12FNOS/c1-2-15-11-4-3-8(5-10(11)13)9-6-12(14)16-7-9/h3-7H,2,14H2,1H3. The van der Waals surface area contributed by atoms with Crippen LogP contribution in [0.25, 0.3) is 11.1 Å². The monoisotopic (exact) mass is 237 g/mol. The second kappa shape index (κ2) is 4.53. The van der Waals surface area contributed by atoms with Crippen molar-refractivity contribution in [2.24, 2.45) is 0 Å². The van der Waals surface area contributed by atoms with Crippen LogP contribution in [0.3, 0.4) is 0 Å². The highest BCUT2D eigenvalue weighted by Crippen LogP contribution is 2.30. The zero-order chi connectivity index (χ0) is 11.5. The van der Waals surface area contributed by atoms with E-state index in [2.05, 4.69) is 0 Å². The number of thiophene rings is 1. The number of nitrogens with two attached hydrogens (primary N) is 1. The molecule has 2 nitrogen and oxygen atoms in total. The number of hydrogen-bond donors (Lipinski definition) is 1. The van der Waals surface area contributed by atoms with Gasteiger partial charge in [0.05, 0.1) is 11.6 Å².